The highest BCUT2D eigenvalue weighted by Crippen LogP contribution is 2.29. The SMILES string of the molecule is O=C(c1sccc1S(=O)(=O)C(F)F)N1CCCN(C2CCCC2)CC1. The quantitative estimate of drug-likeness (QED) is 0.791. The third-order valence-electron chi connectivity index (χ3n) is 5.02. The second-order valence-corrected chi connectivity index (χ2v) is 9.34. The summed E-state index contributed by atoms with van der Waals surface area (Å²) in [5, 5.41) is 1.38. The van der Waals surface area contributed by atoms with E-state index in [1.807, 2.05) is 0 Å². The Morgan fingerprint density at radius 2 is 1.84 bits per heavy atom. The molecular weight excluding hydrogens is 370 g/mol. The topological polar surface area (TPSA) is 57.7 Å². The first-order chi connectivity index (χ1) is 11.9. The first-order valence-corrected chi connectivity index (χ1v) is 11.0. The highest BCUT2D eigenvalue weighted by atomic mass is 32.2. The summed E-state index contributed by atoms with van der Waals surface area (Å²) < 4.78 is 49.2. The molecule has 1 amide bonds. The van der Waals surface area contributed by atoms with E-state index < -0.39 is 26.4 Å². The Morgan fingerprint density at radius 3 is 2.52 bits per heavy atom. The van der Waals surface area contributed by atoms with Crippen LogP contribution in [0.1, 0.15) is 41.8 Å². The van der Waals surface area contributed by atoms with E-state index in [2.05, 4.69) is 4.90 Å². The second kappa shape index (κ2) is 7.67. The Bertz CT molecular complexity index is 715. The number of hydrogen-bond donors (Lipinski definition) is 0. The molecular formula is C16H22F2N2O3S2. The molecule has 1 aromatic heterocycles. The van der Waals surface area contributed by atoms with Crippen LogP contribution in [0.25, 0.3) is 0 Å². The number of halogens is 2. The molecule has 140 valence electrons. The van der Waals surface area contributed by atoms with Gasteiger partial charge in [0.25, 0.3) is 5.91 Å². The van der Waals surface area contributed by atoms with Gasteiger partial charge in [-0.1, -0.05) is 12.8 Å². The minimum Gasteiger partial charge on any atom is -0.337 e. The van der Waals surface area contributed by atoms with Crippen LogP contribution < -0.4 is 0 Å². The molecule has 1 saturated heterocycles. The lowest BCUT2D eigenvalue weighted by Crippen LogP contribution is -2.38. The Kier molecular flexibility index (Phi) is 5.75. The van der Waals surface area contributed by atoms with Crippen molar-refractivity contribution in [3.05, 3.63) is 16.3 Å². The molecule has 25 heavy (non-hydrogen) atoms. The smallest absolute Gasteiger partial charge is 0.337 e. The summed E-state index contributed by atoms with van der Waals surface area (Å²) in [6, 6.07) is 1.67. The second-order valence-electron chi connectivity index (χ2n) is 6.54. The first-order valence-electron chi connectivity index (χ1n) is 8.54. The number of carbonyl (C=O) groups excluding carboxylic acids is 1. The number of amides is 1. The van der Waals surface area contributed by atoms with Crippen molar-refractivity contribution in [2.45, 2.75) is 48.8 Å². The van der Waals surface area contributed by atoms with Crippen LogP contribution in [-0.2, 0) is 9.84 Å². The number of alkyl halides is 2. The highest BCUT2D eigenvalue weighted by molar-refractivity contribution is 7.92. The maximum Gasteiger partial charge on any atom is 0.341 e. The van der Waals surface area contributed by atoms with Crippen molar-refractivity contribution >= 4 is 27.1 Å². The van der Waals surface area contributed by atoms with Crippen LogP contribution in [0.3, 0.4) is 0 Å². The molecule has 0 atom stereocenters. The Morgan fingerprint density at radius 1 is 1.12 bits per heavy atom. The fraction of sp³-hybridized carbons (Fsp3) is 0.688. The summed E-state index contributed by atoms with van der Waals surface area (Å²) in [5.74, 6) is -3.97. The van der Waals surface area contributed by atoms with Gasteiger partial charge in [0, 0.05) is 32.2 Å². The van der Waals surface area contributed by atoms with Gasteiger partial charge in [0.1, 0.15) is 4.88 Å². The molecule has 2 fully saturated rings. The van der Waals surface area contributed by atoms with Gasteiger partial charge in [0.05, 0.1) is 4.90 Å². The Balaban J connectivity index is 1.73. The van der Waals surface area contributed by atoms with Crippen LogP contribution in [0, 0.1) is 0 Å². The van der Waals surface area contributed by atoms with E-state index in [-0.39, 0.29) is 4.88 Å². The van der Waals surface area contributed by atoms with E-state index in [1.54, 1.807) is 4.90 Å². The molecule has 0 aromatic carbocycles. The van der Waals surface area contributed by atoms with Crippen LogP contribution >= 0.6 is 11.3 Å². The molecule has 2 heterocycles. The molecule has 1 aliphatic heterocycles. The van der Waals surface area contributed by atoms with E-state index in [1.165, 1.54) is 31.1 Å². The van der Waals surface area contributed by atoms with Crippen molar-refractivity contribution in [2.24, 2.45) is 0 Å². The minimum atomic E-state index is -4.76. The third-order valence-corrected chi connectivity index (χ3v) is 7.48. The summed E-state index contributed by atoms with van der Waals surface area (Å²) in [6.45, 7) is 2.69. The fourth-order valence-corrected chi connectivity index (χ4v) is 5.82. The third kappa shape index (κ3) is 3.88. The van der Waals surface area contributed by atoms with Crippen LogP contribution in [0.4, 0.5) is 8.78 Å². The van der Waals surface area contributed by atoms with Crippen molar-refractivity contribution in [3.63, 3.8) is 0 Å². The lowest BCUT2D eigenvalue weighted by atomic mass is 10.2. The molecule has 1 aliphatic carbocycles. The summed E-state index contributed by atoms with van der Waals surface area (Å²) in [5.41, 5.74) is 0. The van der Waals surface area contributed by atoms with Gasteiger partial charge in [0.2, 0.25) is 9.84 Å². The van der Waals surface area contributed by atoms with Gasteiger partial charge >= 0.3 is 5.76 Å². The van der Waals surface area contributed by atoms with Crippen LogP contribution in [-0.4, -0.2) is 62.1 Å². The van der Waals surface area contributed by atoms with E-state index in [9.17, 15) is 22.0 Å². The van der Waals surface area contributed by atoms with Crippen molar-refractivity contribution < 1.29 is 22.0 Å². The molecule has 1 saturated carbocycles. The van der Waals surface area contributed by atoms with E-state index in [0.29, 0.717) is 19.1 Å². The molecule has 1 aromatic rings. The standard InChI is InChI=1S/C16H22F2N2O3S2/c17-16(18)25(22,23)13-6-11-24-14(13)15(21)20-8-3-7-19(9-10-20)12-4-1-2-5-12/h6,11-12,16H,1-5,7-10H2. The summed E-state index contributed by atoms with van der Waals surface area (Å²) in [7, 11) is -4.76. The number of thiophene rings is 1. The Labute approximate surface area is 150 Å². The maximum absolute atomic E-state index is 12.8. The van der Waals surface area contributed by atoms with Crippen molar-refractivity contribution in [1.82, 2.24) is 9.80 Å². The Hall–Kier alpha value is -1.06. The van der Waals surface area contributed by atoms with Gasteiger partial charge in [-0.25, -0.2) is 8.42 Å². The number of carbonyl (C=O) groups is 1. The maximum atomic E-state index is 12.8. The zero-order valence-corrected chi connectivity index (χ0v) is 15.5. The molecule has 9 heteroatoms. The minimum absolute atomic E-state index is 0.102. The normalized spacial score (nSPS) is 21.0. The van der Waals surface area contributed by atoms with E-state index in [0.717, 1.165) is 36.9 Å². The molecule has 0 radical (unpaired) electrons. The lowest BCUT2D eigenvalue weighted by molar-refractivity contribution is 0.0759. The van der Waals surface area contributed by atoms with Gasteiger partial charge in [-0.05, 0) is 30.7 Å². The molecule has 5 nitrogen and oxygen atoms in total. The average molecular weight is 392 g/mol. The predicted octanol–water partition coefficient (Wildman–Crippen LogP) is 2.83. The van der Waals surface area contributed by atoms with Crippen LogP contribution in [0.2, 0.25) is 0 Å². The molecule has 0 bridgehead atoms. The zero-order chi connectivity index (χ0) is 18.0. The lowest BCUT2D eigenvalue weighted by Gasteiger charge is -2.27. The zero-order valence-electron chi connectivity index (χ0n) is 13.9. The van der Waals surface area contributed by atoms with Gasteiger partial charge in [-0.15, -0.1) is 11.3 Å². The van der Waals surface area contributed by atoms with Crippen molar-refractivity contribution in [1.29, 1.82) is 0 Å². The van der Waals surface area contributed by atoms with E-state index >= 15 is 0 Å². The van der Waals surface area contributed by atoms with Gasteiger partial charge < -0.3 is 4.90 Å². The van der Waals surface area contributed by atoms with Gasteiger partial charge in [-0.3, -0.25) is 9.69 Å². The fourth-order valence-electron chi connectivity index (χ4n) is 3.69. The average Bonchev–Trinajstić information content (AvgIpc) is 3.22. The molecule has 0 N–H and O–H groups in total. The van der Waals surface area contributed by atoms with E-state index in [4.69, 9.17) is 0 Å². The number of hydrogen-bond acceptors (Lipinski definition) is 5. The molecule has 0 spiro atoms. The van der Waals surface area contributed by atoms with Crippen LogP contribution in [0.5, 0.6) is 0 Å². The van der Waals surface area contributed by atoms with Crippen molar-refractivity contribution in [3.8, 4) is 0 Å². The number of rotatable bonds is 4. The summed E-state index contributed by atoms with van der Waals surface area (Å²) >= 11 is 0.911. The largest absolute Gasteiger partial charge is 0.341 e. The molecule has 2 aliphatic rings. The molecule has 3 rings (SSSR count). The number of nitrogens with zero attached hydrogens (tertiary/aromatic N) is 2. The van der Waals surface area contributed by atoms with Gasteiger partial charge in [-0.2, -0.15) is 8.78 Å². The predicted molar refractivity (Wildman–Crippen MR) is 91.9 cm³/mol. The number of sulfone groups is 1. The molecule has 0 unspecified atom stereocenters. The summed E-state index contributed by atoms with van der Waals surface area (Å²) in [4.78, 5) is 16.1. The van der Waals surface area contributed by atoms with Crippen molar-refractivity contribution in [2.75, 3.05) is 26.2 Å². The summed E-state index contributed by atoms with van der Waals surface area (Å²) in [6.07, 6.45) is 5.68. The monoisotopic (exact) mass is 392 g/mol. The van der Waals surface area contributed by atoms with Gasteiger partial charge in [0.15, 0.2) is 0 Å². The first kappa shape index (κ1) is 18.7. The highest BCUT2D eigenvalue weighted by Gasteiger charge is 2.34. The van der Waals surface area contributed by atoms with Crippen LogP contribution in [0.15, 0.2) is 16.3 Å².